The molecule has 9 nitrogen and oxygen atoms in total. The molecule has 2 aliphatic heterocycles. The average Bonchev–Trinajstić information content (AvgIpc) is 2.93. The van der Waals surface area contributed by atoms with Gasteiger partial charge in [0.25, 0.3) is 0 Å². The largest absolute Gasteiger partial charge is 0.488 e. The molecule has 0 aliphatic carbocycles. The molecule has 188 valence electrons. The van der Waals surface area contributed by atoms with E-state index in [1.165, 1.54) is 0 Å². The maximum Gasteiger partial charge on any atom is 0.240 e. The van der Waals surface area contributed by atoms with Crippen LogP contribution in [0, 0.1) is 5.92 Å². The molecular formula is C27H31N5O4. The van der Waals surface area contributed by atoms with Crippen LogP contribution in [-0.4, -0.2) is 78.4 Å². The zero-order chi connectivity index (χ0) is 24.9. The van der Waals surface area contributed by atoms with Crippen LogP contribution in [0.25, 0.3) is 10.9 Å². The van der Waals surface area contributed by atoms with Crippen molar-refractivity contribution in [2.75, 3.05) is 44.4 Å². The minimum atomic E-state index is -0.672. The second kappa shape index (κ2) is 10.9. The van der Waals surface area contributed by atoms with E-state index in [0.29, 0.717) is 31.8 Å². The second-order valence-corrected chi connectivity index (χ2v) is 9.14. The maximum absolute atomic E-state index is 13.5. The van der Waals surface area contributed by atoms with Crippen molar-refractivity contribution >= 4 is 28.4 Å². The molecule has 2 saturated heterocycles. The summed E-state index contributed by atoms with van der Waals surface area (Å²) in [4.78, 5) is 34.9. The van der Waals surface area contributed by atoms with E-state index in [2.05, 4.69) is 32.7 Å². The van der Waals surface area contributed by atoms with Crippen LogP contribution in [0.4, 0.5) is 5.69 Å². The number of carbonyl (C=O) groups excluding carboxylic acids is 2. The summed E-state index contributed by atoms with van der Waals surface area (Å²) in [6, 6.07) is 19.0. The third kappa shape index (κ3) is 5.12. The number of ether oxygens (including phenoxy) is 1. The van der Waals surface area contributed by atoms with Crippen molar-refractivity contribution in [3.63, 3.8) is 0 Å². The smallest absolute Gasteiger partial charge is 0.240 e. The van der Waals surface area contributed by atoms with Gasteiger partial charge >= 0.3 is 0 Å². The summed E-state index contributed by atoms with van der Waals surface area (Å²) in [7, 11) is 0. The van der Waals surface area contributed by atoms with Crippen LogP contribution < -0.4 is 20.3 Å². The fourth-order valence-corrected chi connectivity index (χ4v) is 5.09. The van der Waals surface area contributed by atoms with Crippen molar-refractivity contribution in [3.05, 3.63) is 66.9 Å². The highest BCUT2D eigenvalue weighted by Gasteiger charge is 2.42. The molecule has 5 rings (SSSR count). The summed E-state index contributed by atoms with van der Waals surface area (Å²) in [5.74, 6) is -0.424. The normalized spacial score (nSPS) is 22.3. The maximum atomic E-state index is 13.5. The monoisotopic (exact) mass is 489 g/mol. The Morgan fingerprint density at radius 3 is 2.56 bits per heavy atom. The number of pyridine rings is 1. The van der Waals surface area contributed by atoms with Crippen LogP contribution in [0.1, 0.15) is 6.42 Å². The predicted octanol–water partition coefficient (Wildman–Crippen LogP) is 1.38. The molecule has 9 heteroatoms. The number of rotatable bonds is 6. The Morgan fingerprint density at radius 2 is 1.78 bits per heavy atom. The number of carbonyl (C=O) groups is 2. The summed E-state index contributed by atoms with van der Waals surface area (Å²) in [6.07, 6.45) is 1.74. The Hall–Kier alpha value is -3.69. The number of hydrogen-bond donors (Lipinski definition) is 3. The SMILES string of the molecule is O=C(NCO)[C@H]1C[C@H](Oc2ccnc3ccccc23)CN[C@@H]1C(=O)N1CCN(c2ccccc2)CC1. The quantitative estimate of drug-likeness (QED) is 0.449. The standard InChI is InChI=1S/C27H31N5O4/c33-18-30-26(34)22-16-20(36-24-10-11-28-23-9-5-4-8-21(23)24)17-29-25(22)27(35)32-14-12-31(13-15-32)19-6-2-1-3-7-19/h1-11,20,22,25,29,33H,12-18H2,(H,30,34)/t20-,22-,25-/m0/s1. The van der Waals surface area contributed by atoms with Gasteiger partial charge in [-0.1, -0.05) is 30.3 Å². The van der Waals surface area contributed by atoms with Crippen LogP contribution in [0.5, 0.6) is 5.75 Å². The lowest BCUT2D eigenvalue weighted by atomic mass is 9.87. The van der Waals surface area contributed by atoms with Crippen LogP contribution in [-0.2, 0) is 9.59 Å². The molecule has 2 fully saturated rings. The Labute approximate surface area is 210 Å². The van der Waals surface area contributed by atoms with E-state index < -0.39 is 18.7 Å². The number of amides is 2. The number of piperazine rings is 1. The predicted molar refractivity (Wildman–Crippen MR) is 137 cm³/mol. The summed E-state index contributed by atoms with van der Waals surface area (Å²) in [5.41, 5.74) is 1.97. The van der Waals surface area contributed by atoms with Gasteiger partial charge in [0, 0.05) is 50.0 Å². The van der Waals surface area contributed by atoms with E-state index >= 15 is 0 Å². The van der Waals surface area contributed by atoms with Gasteiger partial charge in [-0.3, -0.25) is 14.6 Å². The second-order valence-electron chi connectivity index (χ2n) is 9.14. The lowest BCUT2D eigenvalue weighted by Crippen LogP contribution is -2.62. The molecule has 0 spiro atoms. The molecular weight excluding hydrogens is 458 g/mol. The first kappa shape index (κ1) is 24.0. The molecule has 0 radical (unpaired) electrons. The van der Waals surface area contributed by atoms with Crippen molar-refractivity contribution in [3.8, 4) is 5.75 Å². The number of para-hydroxylation sites is 2. The minimum Gasteiger partial charge on any atom is -0.488 e. The third-order valence-electron chi connectivity index (χ3n) is 6.96. The number of fused-ring (bicyclic) bond motifs is 1. The highest BCUT2D eigenvalue weighted by molar-refractivity contribution is 5.90. The molecule has 2 aromatic carbocycles. The van der Waals surface area contributed by atoms with E-state index in [0.717, 1.165) is 29.7 Å². The number of nitrogens with one attached hydrogen (secondary N) is 2. The van der Waals surface area contributed by atoms with Crippen LogP contribution >= 0.6 is 0 Å². The Morgan fingerprint density at radius 1 is 1.03 bits per heavy atom. The Bertz CT molecular complexity index is 1190. The molecule has 3 N–H and O–H groups in total. The van der Waals surface area contributed by atoms with Gasteiger partial charge in [0.1, 0.15) is 18.6 Å². The van der Waals surface area contributed by atoms with Gasteiger partial charge in [-0.2, -0.15) is 0 Å². The van der Waals surface area contributed by atoms with E-state index in [1.807, 2.05) is 53.4 Å². The van der Waals surface area contributed by atoms with Crippen molar-refractivity contribution < 1.29 is 19.4 Å². The number of piperidine rings is 1. The number of hydrogen-bond acceptors (Lipinski definition) is 7. The fraction of sp³-hybridized carbons (Fsp3) is 0.370. The molecule has 36 heavy (non-hydrogen) atoms. The van der Waals surface area contributed by atoms with Crippen molar-refractivity contribution in [2.45, 2.75) is 18.6 Å². The number of aliphatic hydroxyl groups is 1. The number of benzene rings is 2. The van der Waals surface area contributed by atoms with Gasteiger partial charge in [0.2, 0.25) is 11.8 Å². The van der Waals surface area contributed by atoms with Gasteiger partial charge in [-0.15, -0.1) is 0 Å². The Balaban J connectivity index is 1.26. The van der Waals surface area contributed by atoms with Gasteiger partial charge in [0.05, 0.1) is 17.5 Å². The van der Waals surface area contributed by atoms with Crippen molar-refractivity contribution in [2.24, 2.45) is 5.92 Å². The fourth-order valence-electron chi connectivity index (χ4n) is 5.09. The van der Waals surface area contributed by atoms with E-state index in [1.54, 1.807) is 6.20 Å². The summed E-state index contributed by atoms with van der Waals surface area (Å²) in [6.45, 7) is 2.59. The average molecular weight is 490 g/mol. The lowest BCUT2D eigenvalue weighted by molar-refractivity contribution is -0.142. The molecule has 3 aromatic rings. The van der Waals surface area contributed by atoms with Gasteiger partial charge in [-0.25, -0.2) is 0 Å². The highest BCUT2D eigenvalue weighted by atomic mass is 16.5. The molecule has 2 amide bonds. The molecule has 3 heterocycles. The molecule has 0 saturated carbocycles. The molecule has 0 bridgehead atoms. The van der Waals surface area contributed by atoms with Crippen LogP contribution in [0.15, 0.2) is 66.9 Å². The van der Waals surface area contributed by atoms with Gasteiger partial charge in [0.15, 0.2) is 0 Å². The van der Waals surface area contributed by atoms with Crippen molar-refractivity contribution in [1.29, 1.82) is 0 Å². The molecule has 0 unspecified atom stereocenters. The zero-order valence-electron chi connectivity index (χ0n) is 20.0. The first-order valence-corrected chi connectivity index (χ1v) is 12.3. The Kier molecular flexibility index (Phi) is 7.29. The first-order valence-electron chi connectivity index (χ1n) is 12.3. The van der Waals surface area contributed by atoms with Gasteiger partial charge in [-0.05, 0) is 36.8 Å². The molecule has 2 aliphatic rings. The van der Waals surface area contributed by atoms with Crippen LogP contribution in [0.3, 0.4) is 0 Å². The topological polar surface area (TPSA) is 107 Å². The lowest BCUT2D eigenvalue weighted by Gasteiger charge is -2.41. The number of aromatic nitrogens is 1. The van der Waals surface area contributed by atoms with Gasteiger partial charge < -0.3 is 30.3 Å². The minimum absolute atomic E-state index is 0.0892. The number of nitrogens with zero attached hydrogens (tertiary/aromatic N) is 3. The first-order chi connectivity index (χ1) is 17.6. The number of aliphatic hydroxyl groups excluding tert-OH is 1. The summed E-state index contributed by atoms with van der Waals surface area (Å²) in [5, 5.41) is 16.0. The van der Waals surface area contributed by atoms with E-state index in [-0.39, 0.29) is 17.9 Å². The zero-order valence-corrected chi connectivity index (χ0v) is 20.0. The third-order valence-corrected chi connectivity index (χ3v) is 6.96. The molecule has 3 atom stereocenters. The van der Waals surface area contributed by atoms with Crippen LogP contribution in [0.2, 0.25) is 0 Å². The summed E-state index contributed by atoms with van der Waals surface area (Å²) < 4.78 is 6.29. The van der Waals surface area contributed by atoms with E-state index in [9.17, 15) is 14.7 Å². The van der Waals surface area contributed by atoms with Crippen molar-refractivity contribution in [1.82, 2.24) is 20.5 Å². The molecule has 1 aromatic heterocycles. The summed E-state index contributed by atoms with van der Waals surface area (Å²) >= 11 is 0. The number of anilines is 1. The van der Waals surface area contributed by atoms with E-state index in [4.69, 9.17) is 4.74 Å². The highest BCUT2D eigenvalue weighted by Crippen LogP contribution is 2.28.